The lowest BCUT2D eigenvalue weighted by Gasteiger charge is -2.41. The minimum absolute atomic E-state index is 0.140. The van der Waals surface area contributed by atoms with Crippen LogP contribution in [-0.4, -0.2) is 36.5 Å². The second-order valence-corrected chi connectivity index (χ2v) is 7.20. The van der Waals surface area contributed by atoms with Crippen LogP contribution < -0.4 is 4.90 Å². The van der Waals surface area contributed by atoms with Crippen molar-refractivity contribution >= 4 is 12.1 Å². The largest absolute Gasteiger partial charge is 0.366 e. The van der Waals surface area contributed by atoms with Crippen LogP contribution >= 0.6 is 0 Å². The molecule has 1 fully saturated rings. The lowest BCUT2D eigenvalue weighted by molar-refractivity contribution is -0.119. The minimum Gasteiger partial charge on any atom is -0.366 e. The number of piperidine rings is 1. The van der Waals surface area contributed by atoms with Crippen LogP contribution in [0.15, 0.2) is 24.3 Å². The Hall–Kier alpha value is -1.51. The zero-order valence-corrected chi connectivity index (χ0v) is 12.7. The third-order valence-corrected chi connectivity index (χ3v) is 4.94. The normalized spacial score (nSPS) is 21.1. The summed E-state index contributed by atoms with van der Waals surface area (Å²) in [4.78, 5) is 15.4. The first-order chi connectivity index (χ1) is 9.46. The predicted molar refractivity (Wildman–Crippen MR) is 82.1 cm³/mol. The molecule has 1 saturated heterocycles. The Morgan fingerprint density at radius 2 is 1.80 bits per heavy atom. The lowest BCUT2D eigenvalue weighted by atomic mass is 9.74. The Morgan fingerprint density at radius 3 is 2.40 bits per heavy atom. The Balaban J connectivity index is 1.97. The number of likely N-dealkylation sites (tertiary alicyclic amines) is 1. The van der Waals surface area contributed by atoms with Gasteiger partial charge in [-0.2, -0.15) is 0 Å². The number of para-hydroxylation sites is 1. The number of benzene rings is 1. The maximum atomic E-state index is 10.9. The van der Waals surface area contributed by atoms with Gasteiger partial charge in [-0.1, -0.05) is 18.2 Å². The van der Waals surface area contributed by atoms with Crippen molar-refractivity contribution in [3.8, 4) is 0 Å². The lowest BCUT2D eigenvalue weighted by Crippen LogP contribution is -2.48. The topological polar surface area (TPSA) is 23.6 Å². The van der Waals surface area contributed by atoms with Crippen molar-refractivity contribution in [2.24, 2.45) is 0 Å². The van der Waals surface area contributed by atoms with Gasteiger partial charge in [0.2, 0.25) is 6.41 Å². The van der Waals surface area contributed by atoms with Gasteiger partial charge in [-0.15, -0.1) is 0 Å². The summed E-state index contributed by atoms with van der Waals surface area (Å²) < 4.78 is 0. The van der Waals surface area contributed by atoms with Crippen LogP contribution in [0.3, 0.4) is 0 Å². The molecule has 2 aliphatic rings. The highest BCUT2D eigenvalue weighted by atomic mass is 16.1. The molecule has 1 aromatic rings. The summed E-state index contributed by atoms with van der Waals surface area (Å²) in [7, 11) is 0. The van der Waals surface area contributed by atoms with Crippen molar-refractivity contribution in [3.05, 3.63) is 29.8 Å². The monoisotopic (exact) mass is 272 g/mol. The first-order valence-corrected chi connectivity index (χ1v) is 7.53. The van der Waals surface area contributed by atoms with E-state index in [4.69, 9.17) is 0 Å². The fourth-order valence-corrected chi connectivity index (χ4v) is 3.71. The molecule has 3 heteroatoms. The molecule has 0 aromatic heterocycles. The van der Waals surface area contributed by atoms with E-state index in [1.165, 1.54) is 11.3 Å². The van der Waals surface area contributed by atoms with E-state index in [0.29, 0.717) is 0 Å². The van der Waals surface area contributed by atoms with E-state index in [9.17, 15) is 4.79 Å². The standard InChI is InChI=1S/C17H24N2O/c1-16(2,3)19-12-17(8-10-18(13-20)11-9-17)14-6-4-5-7-15(14)19/h4-7,13H,8-12H2,1-3H3. The molecule has 0 radical (unpaired) electrons. The molecule has 0 saturated carbocycles. The molecule has 108 valence electrons. The second kappa shape index (κ2) is 4.51. The molecule has 3 nitrogen and oxygen atoms in total. The summed E-state index contributed by atoms with van der Waals surface area (Å²) in [5, 5.41) is 0. The Kier molecular flexibility index (Phi) is 3.03. The van der Waals surface area contributed by atoms with Crippen molar-refractivity contribution in [1.82, 2.24) is 4.90 Å². The van der Waals surface area contributed by atoms with Crippen LogP contribution in [-0.2, 0) is 10.2 Å². The quantitative estimate of drug-likeness (QED) is 0.734. The van der Waals surface area contributed by atoms with Gasteiger partial charge in [0.15, 0.2) is 0 Å². The number of amides is 1. The van der Waals surface area contributed by atoms with Crippen molar-refractivity contribution in [2.45, 2.75) is 44.6 Å². The van der Waals surface area contributed by atoms with Crippen LogP contribution in [0.2, 0.25) is 0 Å². The van der Waals surface area contributed by atoms with Crippen molar-refractivity contribution < 1.29 is 4.79 Å². The molecule has 0 unspecified atom stereocenters. The van der Waals surface area contributed by atoms with Crippen LogP contribution in [0.1, 0.15) is 39.2 Å². The zero-order valence-electron chi connectivity index (χ0n) is 12.7. The van der Waals surface area contributed by atoms with Crippen LogP contribution in [0.25, 0.3) is 0 Å². The number of carbonyl (C=O) groups excluding carboxylic acids is 1. The molecule has 0 atom stereocenters. The molecule has 20 heavy (non-hydrogen) atoms. The van der Waals surface area contributed by atoms with E-state index in [0.717, 1.165) is 38.9 Å². The van der Waals surface area contributed by atoms with E-state index in [1.54, 1.807) is 0 Å². The SMILES string of the molecule is CC(C)(C)N1CC2(CCN(C=O)CC2)c2ccccc21. The molecular weight excluding hydrogens is 248 g/mol. The maximum Gasteiger partial charge on any atom is 0.209 e. The zero-order chi connectivity index (χ0) is 14.4. The van der Waals surface area contributed by atoms with E-state index >= 15 is 0 Å². The molecule has 0 N–H and O–H groups in total. The van der Waals surface area contributed by atoms with Crippen molar-refractivity contribution in [3.63, 3.8) is 0 Å². The number of rotatable bonds is 1. The fraction of sp³-hybridized carbons (Fsp3) is 0.588. The van der Waals surface area contributed by atoms with Gasteiger partial charge in [0.25, 0.3) is 0 Å². The number of hydrogen-bond acceptors (Lipinski definition) is 2. The molecule has 0 bridgehead atoms. The highest BCUT2D eigenvalue weighted by Gasteiger charge is 2.46. The van der Waals surface area contributed by atoms with Gasteiger partial charge in [-0.3, -0.25) is 4.79 Å². The van der Waals surface area contributed by atoms with E-state index in [2.05, 4.69) is 49.9 Å². The maximum absolute atomic E-state index is 10.9. The summed E-state index contributed by atoms with van der Waals surface area (Å²) in [6, 6.07) is 8.83. The smallest absolute Gasteiger partial charge is 0.209 e. The Morgan fingerprint density at radius 1 is 1.15 bits per heavy atom. The highest BCUT2D eigenvalue weighted by Crippen LogP contribution is 2.48. The Bertz CT molecular complexity index is 510. The molecule has 2 heterocycles. The van der Waals surface area contributed by atoms with E-state index in [1.807, 2.05) is 4.90 Å². The van der Waals surface area contributed by atoms with Crippen molar-refractivity contribution in [2.75, 3.05) is 24.5 Å². The third kappa shape index (κ3) is 2.00. The summed E-state index contributed by atoms with van der Waals surface area (Å²) in [6.45, 7) is 9.70. The van der Waals surface area contributed by atoms with Gasteiger partial charge < -0.3 is 9.80 Å². The van der Waals surface area contributed by atoms with Gasteiger partial charge in [0.1, 0.15) is 0 Å². The highest BCUT2D eigenvalue weighted by molar-refractivity contribution is 5.64. The number of hydrogen-bond donors (Lipinski definition) is 0. The van der Waals surface area contributed by atoms with Gasteiger partial charge in [-0.25, -0.2) is 0 Å². The molecule has 2 aliphatic heterocycles. The molecule has 3 rings (SSSR count). The number of carbonyl (C=O) groups is 1. The predicted octanol–water partition coefficient (Wildman–Crippen LogP) is 2.80. The summed E-state index contributed by atoms with van der Waals surface area (Å²) in [6.07, 6.45) is 3.15. The van der Waals surface area contributed by atoms with Gasteiger partial charge in [0, 0.05) is 36.3 Å². The molecule has 1 spiro atoms. The third-order valence-electron chi connectivity index (χ3n) is 4.94. The van der Waals surface area contributed by atoms with Gasteiger partial charge in [-0.05, 0) is 45.2 Å². The van der Waals surface area contributed by atoms with Crippen LogP contribution in [0.5, 0.6) is 0 Å². The fourth-order valence-electron chi connectivity index (χ4n) is 3.71. The number of anilines is 1. The molecule has 1 amide bonds. The average Bonchev–Trinajstić information content (AvgIpc) is 2.75. The first-order valence-electron chi connectivity index (χ1n) is 7.53. The molecular formula is C17H24N2O. The second-order valence-electron chi connectivity index (χ2n) is 7.20. The Labute approximate surface area is 121 Å². The van der Waals surface area contributed by atoms with Crippen LogP contribution in [0, 0.1) is 0 Å². The first kappa shape index (κ1) is 13.5. The van der Waals surface area contributed by atoms with Crippen LogP contribution in [0.4, 0.5) is 5.69 Å². The minimum atomic E-state index is 0.140. The van der Waals surface area contributed by atoms with Gasteiger partial charge >= 0.3 is 0 Å². The molecule has 0 aliphatic carbocycles. The number of nitrogens with zero attached hydrogens (tertiary/aromatic N) is 2. The van der Waals surface area contributed by atoms with E-state index in [-0.39, 0.29) is 11.0 Å². The van der Waals surface area contributed by atoms with Crippen molar-refractivity contribution in [1.29, 1.82) is 0 Å². The summed E-state index contributed by atoms with van der Waals surface area (Å²) >= 11 is 0. The average molecular weight is 272 g/mol. The van der Waals surface area contributed by atoms with E-state index < -0.39 is 0 Å². The molecule has 1 aromatic carbocycles. The van der Waals surface area contributed by atoms with Gasteiger partial charge in [0.05, 0.1) is 0 Å². The summed E-state index contributed by atoms with van der Waals surface area (Å²) in [5.41, 5.74) is 3.25. The number of fused-ring (bicyclic) bond motifs is 2. The summed E-state index contributed by atoms with van der Waals surface area (Å²) in [5.74, 6) is 0.